The summed E-state index contributed by atoms with van der Waals surface area (Å²) < 4.78 is 35.7. The van der Waals surface area contributed by atoms with Crippen molar-refractivity contribution in [2.45, 2.75) is 88.0 Å². The van der Waals surface area contributed by atoms with Crippen molar-refractivity contribution in [3.05, 3.63) is 58.1 Å². The van der Waals surface area contributed by atoms with Crippen molar-refractivity contribution < 1.29 is 23.1 Å². The number of ether oxygens (including phenoxy) is 1. The zero-order valence-corrected chi connectivity index (χ0v) is 27.8. The Balaban J connectivity index is 1.43. The van der Waals surface area contributed by atoms with Crippen LogP contribution in [0.2, 0.25) is 5.02 Å². The number of rotatable bonds is 1. The number of aliphatic hydroxyl groups is 1. The fourth-order valence-electron chi connectivity index (χ4n) is 8.33. The predicted octanol–water partition coefficient (Wildman–Crippen LogP) is 5.06. The van der Waals surface area contributed by atoms with Crippen molar-refractivity contribution >= 4 is 33.2 Å². The van der Waals surface area contributed by atoms with Crippen molar-refractivity contribution in [1.29, 1.82) is 0 Å². The lowest BCUT2D eigenvalue weighted by molar-refractivity contribution is -0.0790. The SMILES string of the molecule is CN[C@H]1C[C@H](C)[C@@H](C)S(=O)(=O)NC(=O)c2ccc3c(c2)N(C[C@@H]2CC[C@H]2[C@](C)(O)C1)C[C@@]1(CCCc2cc(Cl)ccc21)CO3. The molecule has 0 radical (unpaired) electrons. The summed E-state index contributed by atoms with van der Waals surface area (Å²) in [6, 6.07) is 11.4. The second-order valence-electron chi connectivity index (χ2n) is 14.2. The van der Waals surface area contributed by atoms with Gasteiger partial charge in [0.2, 0.25) is 10.0 Å². The first-order valence-corrected chi connectivity index (χ1v) is 18.0. The van der Waals surface area contributed by atoms with E-state index >= 15 is 0 Å². The van der Waals surface area contributed by atoms with E-state index in [1.807, 2.05) is 27.0 Å². The number of fused-ring (bicyclic) bond motifs is 4. The highest BCUT2D eigenvalue weighted by molar-refractivity contribution is 7.90. The first kappa shape index (κ1) is 31.6. The Morgan fingerprint density at radius 2 is 1.95 bits per heavy atom. The average Bonchev–Trinajstić information content (AvgIpc) is 3.10. The molecule has 2 aromatic carbocycles. The topological polar surface area (TPSA) is 108 Å². The van der Waals surface area contributed by atoms with Gasteiger partial charge in [-0.05, 0) is 125 Å². The smallest absolute Gasteiger partial charge is 0.264 e. The lowest BCUT2D eigenvalue weighted by atomic mass is 9.63. The number of aryl methyl sites for hydroxylation is 1. The molecule has 10 heteroatoms. The Kier molecular flexibility index (Phi) is 8.48. The molecule has 2 aromatic rings. The predicted molar refractivity (Wildman–Crippen MR) is 174 cm³/mol. The summed E-state index contributed by atoms with van der Waals surface area (Å²) in [4.78, 5) is 15.8. The van der Waals surface area contributed by atoms with Crippen LogP contribution < -0.4 is 19.7 Å². The van der Waals surface area contributed by atoms with Crippen LogP contribution in [0.15, 0.2) is 36.4 Å². The zero-order valence-electron chi connectivity index (χ0n) is 26.2. The normalized spacial score (nSPS) is 35.4. The highest BCUT2D eigenvalue weighted by atomic mass is 35.5. The lowest BCUT2D eigenvalue weighted by Crippen LogP contribution is -2.53. The van der Waals surface area contributed by atoms with Crippen LogP contribution in [-0.2, 0) is 21.9 Å². The van der Waals surface area contributed by atoms with Gasteiger partial charge in [-0.3, -0.25) is 4.79 Å². The van der Waals surface area contributed by atoms with Gasteiger partial charge in [0.1, 0.15) is 5.75 Å². The number of carbonyl (C=O) groups excluding carboxylic acids is 1. The Bertz CT molecular complexity index is 1530. The van der Waals surface area contributed by atoms with Crippen molar-refractivity contribution in [2.24, 2.45) is 17.8 Å². The fraction of sp³-hybridized carbons (Fsp3) is 0.618. The summed E-state index contributed by atoms with van der Waals surface area (Å²) in [7, 11) is -2.09. The van der Waals surface area contributed by atoms with Crippen molar-refractivity contribution in [1.82, 2.24) is 10.0 Å². The molecule has 240 valence electrons. The van der Waals surface area contributed by atoms with Gasteiger partial charge in [0.05, 0.1) is 23.1 Å². The maximum atomic E-state index is 13.5. The Hall–Kier alpha value is -2.33. The number of anilines is 1. The molecule has 2 aliphatic heterocycles. The van der Waals surface area contributed by atoms with Crippen LogP contribution in [-0.4, -0.2) is 63.1 Å². The number of halogens is 1. The Morgan fingerprint density at radius 1 is 1.16 bits per heavy atom. The van der Waals surface area contributed by atoms with Crippen LogP contribution in [0.25, 0.3) is 0 Å². The summed E-state index contributed by atoms with van der Waals surface area (Å²) in [6.45, 7) is 7.39. The van der Waals surface area contributed by atoms with Crippen LogP contribution in [0, 0.1) is 17.8 Å². The molecule has 3 N–H and O–H groups in total. The number of nitrogens with one attached hydrogen (secondary N) is 2. The third-order valence-electron chi connectivity index (χ3n) is 11.2. The largest absolute Gasteiger partial charge is 0.490 e. The van der Waals surface area contributed by atoms with E-state index in [9.17, 15) is 18.3 Å². The van der Waals surface area contributed by atoms with Crippen LogP contribution in [0.4, 0.5) is 5.69 Å². The molecule has 4 aliphatic rings. The molecule has 1 spiro atoms. The molecular formula is C34H46ClN3O5S. The second kappa shape index (κ2) is 11.8. The number of amides is 1. The molecule has 0 saturated heterocycles. The van der Waals surface area contributed by atoms with Gasteiger partial charge in [0, 0.05) is 35.1 Å². The van der Waals surface area contributed by atoms with Crippen molar-refractivity contribution in [2.75, 3.05) is 31.6 Å². The van der Waals surface area contributed by atoms with Crippen LogP contribution in [0.3, 0.4) is 0 Å². The Labute approximate surface area is 266 Å². The van der Waals surface area contributed by atoms with E-state index in [1.54, 1.807) is 25.1 Å². The maximum absolute atomic E-state index is 13.5. The van der Waals surface area contributed by atoms with E-state index in [1.165, 1.54) is 11.1 Å². The minimum absolute atomic E-state index is 0.0674. The van der Waals surface area contributed by atoms with Crippen molar-refractivity contribution in [3.8, 4) is 5.75 Å². The molecule has 0 unspecified atom stereocenters. The van der Waals surface area contributed by atoms with Crippen molar-refractivity contribution in [3.63, 3.8) is 0 Å². The molecule has 2 aliphatic carbocycles. The quantitative estimate of drug-likeness (QED) is 0.399. The van der Waals surface area contributed by atoms with Crippen LogP contribution in [0.5, 0.6) is 5.75 Å². The molecule has 0 aromatic heterocycles. The van der Waals surface area contributed by atoms with Gasteiger partial charge in [0.25, 0.3) is 5.91 Å². The first-order valence-electron chi connectivity index (χ1n) is 16.1. The molecule has 1 amide bonds. The van der Waals surface area contributed by atoms with Gasteiger partial charge in [-0.15, -0.1) is 0 Å². The van der Waals surface area contributed by atoms with Crippen LogP contribution in [0.1, 0.15) is 80.8 Å². The monoisotopic (exact) mass is 643 g/mol. The minimum atomic E-state index is -3.95. The molecule has 8 nitrogen and oxygen atoms in total. The molecule has 2 heterocycles. The van der Waals surface area contributed by atoms with Gasteiger partial charge in [0.15, 0.2) is 0 Å². The molecule has 6 rings (SSSR count). The second-order valence-corrected chi connectivity index (χ2v) is 16.6. The number of carbonyl (C=O) groups is 1. The highest BCUT2D eigenvalue weighted by Crippen LogP contribution is 2.48. The molecule has 1 saturated carbocycles. The third-order valence-corrected chi connectivity index (χ3v) is 13.4. The van der Waals surface area contributed by atoms with Gasteiger partial charge in [-0.2, -0.15) is 0 Å². The summed E-state index contributed by atoms with van der Waals surface area (Å²) >= 11 is 6.41. The molecular weight excluding hydrogens is 598 g/mol. The third kappa shape index (κ3) is 5.85. The minimum Gasteiger partial charge on any atom is -0.490 e. The number of hydrogen-bond donors (Lipinski definition) is 3. The summed E-state index contributed by atoms with van der Waals surface area (Å²) in [5.74, 6) is 0.184. The van der Waals surface area contributed by atoms with E-state index in [2.05, 4.69) is 27.1 Å². The maximum Gasteiger partial charge on any atom is 0.264 e. The molecule has 2 bridgehead atoms. The number of sulfonamides is 1. The standard InChI is InChI=1S/C34H46ClN3O5S/c1-21-14-27(36-4)17-33(3,40)28-10-7-25(28)18-38-19-34(13-5-6-23-15-26(35)9-11-29(23)34)20-43-31-12-8-24(16-30(31)38)32(39)37-44(41,42)22(21)2/h8-9,11-12,15-16,21-22,25,27-28,36,40H,5-7,10,13-14,17-20H2,1-4H3,(H,37,39)/t21-,22+,25-,27-,28+,33+,34-/m0/s1. The summed E-state index contributed by atoms with van der Waals surface area (Å²) in [5.41, 5.74) is 2.40. The van der Waals surface area contributed by atoms with Gasteiger partial charge in [-0.25, -0.2) is 13.1 Å². The van der Waals surface area contributed by atoms with E-state index in [0.29, 0.717) is 38.3 Å². The molecule has 1 fully saturated rings. The molecule has 44 heavy (non-hydrogen) atoms. The lowest BCUT2D eigenvalue weighted by Gasteiger charge is -2.49. The Morgan fingerprint density at radius 3 is 2.68 bits per heavy atom. The summed E-state index contributed by atoms with van der Waals surface area (Å²) in [6.07, 6.45) is 6.01. The number of benzene rings is 2. The summed E-state index contributed by atoms with van der Waals surface area (Å²) in [5, 5.41) is 15.2. The molecule has 7 atom stereocenters. The van der Waals surface area contributed by atoms with E-state index < -0.39 is 26.8 Å². The highest BCUT2D eigenvalue weighted by Gasteiger charge is 2.48. The average molecular weight is 644 g/mol. The van der Waals surface area contributed by atoms with Gasteiger partial charge >= 0.3 is 0 Å². The fourth-order valence-corrected chi connectivity index (χ4v) is 9.81. The van der Waals surface area contributed by atoms with Crippen LogP contribution >= 0.6 is 11.6 Å². The number of nitrogens with zero attached hydrogens (tertiary/aromatic N) is 1. The zero-order chi connectivity index (χ0) is 31.4. The van der Waals surface area contributed by atoms with E-state index in [0.717, 1.165) is 42.8 Å². The number of hydrogen-bond acceptors (Lipinski definition) is 7. The first-order chi connectivity index (χ1) is 20.8. The van der Waals surface area contributed by atoms with E-state index in [4.69, 9.17) is 16.3 Å². The van der Waals surface area contributed by atoms with Gasteiger partial charge in [-0.1, -0.05) is 24.6 Å². The van der Waals surface area contributed by atoms with Gasteiger partial charge < -0.3 is 20.1 Å². The van der Waals surface area contributed by atoms with E-state index in [-0.39, 0.29) is 34.8 Å².